The molecule has 2 atom stereocenters. The topological polar surface area (TPSA) is 38.5 Å². The summed E-state index contributed by atoms with van der Waals surface area (Å²) in [5.41, 5.74) is 8.40. The summed E-state index contributed by atoms with van der Waals surface area (Å²) >= 11 is 0. The van der Waals surface area contributed by atoms with Crippen molar-refractivity contribution in [1.29, 1.82) is 0 Å². The summed E-state index contributed by atoms with van der Waals surface area (Å²) in [6.45, 7) is 8.20. The number of hydrogen-bond acceptors (Lipinski definition) is 3. The normalized spacial score (nSPS) is 14.2. The molecule has 3 heteroatoms. The summed E-state index contributed by atoms with van der Waals surface area (Å²) in [6.07, 6.45) is 2.06. The van der Waals surface area contributed by atoms with Gasteiger partial charge in [-0.15, -0.1) is 0 Å². The first-order valence-electron chi connectivity index (χ1n) is 7.18. The van der Waals surface area contributed by atoms with Crippen molar-refractivity contribution in [1.82, 2.24) is 0 Å². The maximum atomic E-state index is 5.83. The SMILES string of the molecule is CCC(C)N(CCOC)c1ccc(CC(C)N)cc1. The Morgan fingerprint density at radius 2 is 1.84 bits per heavy atom. The minimum atomic E-state index is 0.213. The van der Waals surface area contributed by atoms with Crippen LogP contribution < -0.4 is 10.6 Å². The first-order valence-corrected chi connectivity index (χ1v) is 7.18. The van der Waals surface area contributed by atoms with Crippen LogP contribution in [0.1, 0.15) is 32.8 Å². The first kappa shape index (κ1) is 16.0. The summed E-state index contributed by atoms with van der Waals surface area (Å²) in [4.78, 5) is 2.40. The van der Waals surface area contributed by atoms with Gasteiger partial charge < -0.3 is 15.4 Å². The van der Waals surface area contributed by atoms with Crippen molar-refractivity contribution < 1.29 is 4.74 Å². The molecule has 0 bridgehead atoms. The van der Waals surface area contributed by atoms with Gasteiger partial charge in [0, 0.05) is 31.4 Å². The number of methoxy groups -OCH3 is 1. The average Bonchev–Trinajstić information content (AvgIpc) is 2.40. The molecule has 1 rings (SSSR count). The van der Waals surface area contributed by atoms with E-state index in [2.05, 4.69) is 43.0 Å². The molecule has 0 radical (unpaired) electrons. The minimum Gasteiger partial charge on any atom is -0.383 e. The van der Waals surface area contributed by atoms with Gasteiger partial charge >= 0.3 is 0 Å². The Morgan fingerprint density at radius 3 is 2.32 bits per heavy atom. The van der Waals surface area contributed by atoms with Crippen molar-refractivity contribution >= 4 is 5.69 Å². The van der Waals surface area contributed by atoms with E-state index in [0.717, 1.165) is 26.0 Å². The highest BCUT2D eigenvalue weighted by Crippen LogP contribution is 2.19. The van der Waals surface area contributed by atoms with Crippen LogP contribution in [0.2, 0.25) is 0 Å². The van der Waals surface area contributed by atoms with Crippen molar-refractivity contribution in [2.24, 2.45) is 5.73 Å². The molecular weight excluding hydrogens is 236 g/mol. The number of rotatable bonds is 8. The molecule has 0 spiro atoms. The zero-order chi connectivity index (χ0) is 14.3. The molecule has 108 valence electrons. The second-order valence-electron chi connectivity index (χ2n) is 5.29. The van der Waals surface area contributed by atoms with Crippen LogP contribution in [0.4, 0.5) is 5.69 Å². The molecule has 2 N–H and O–H groups in total. The van der Waals surface area contributed by atoms with Crippen LogP contribution in [0.5, 0.6) is 0 Å². The molecule has 1 aromatic carbocycles. The summed E-state index contributed by atoms with van der Waals surface area (Å²) in [6, 6.07) is 9.49. The highest BCUT2D eigenvalue weighted by atomic mass is 16.5. The van der Waals surface area contributed by atoms with Gasteiger partial charge in [-0.2, -0.15) is 0 Å². The third-order valence-electron chi connectivity index (χ3n) is 3.48. The Morgan fingerprint density at radius 1 is 1.21 bits per heavy atom. The minimum absolute atomic E-state index is 0.213. The van der Waals surface area contributed by atoms with Crippen LogP contribution >= 0.6 is 0 Å². The molecule has 2 unspecified atom stereocenters. The molecular formula is C16H28N2O. The Kier molecular flexibility index (Phi) is 6.89. The van der Waals surface area contributed by atoms with Gasteiger partial charge in [-0.25, -0.2) is 0 Å². The molecule has 1 aromatic rings. The lowest BCUT2D eigenvalue weighted by Gasteiger charge is -2.30. The molecule has 0 amide bonds. The average molecular weight is 264 g/mol. The molecule has 0 aromatic heterocycles. The largest absolute Gasteiger partial charge is 0.383 e. The van der Waals surface area contributed by atoms with Crippen LogP contribution in [0.15, 0.2) is 24.3 Å². The summed E-state index contributed by atoms with van der Waals surface area (Å²) in [5, 5.41) is 0. The predicted octanol–water partition coefficient (Wildman–Crippen LogP) is 2.83. The van der Waals surface area contributed by atoms with Crippen molar-refractivity contribution in [3.63, 3.8) is 0 Å². The lowest BCUT2D eigenvalue weighted by molar-refractivity contribution is 0.203. The van der Waals surface area contributed by atoms with Crippen LogP contribution in [0.3, 0.4) is 0 Å². The Hall–Kier alpha value is -1.06. The Bertz CT molecular complexity index is 348. The standard InChI is InChI=1S/C16H28N2O/c1-5-14(3)18(10-11-19-4)16-8-6-15(7-9-16)12-13(2)17/h6-9,13-14H,5,10-12,17H2,1-4H3. The first-order chi connectivity index (χ1) is 9.08. The molecule has 0 aliphatic heterocycles. The van der Waals surface area contributed by atoms with E-state index in [1.807, 2.05) is 6.92 Å². The van der Waals surface area contributed by atoms with Gasteiger partial charge in [0.25, 0.3) is 0 Å². The van der Waals surface area contributed by atoms with Crippen molar-refractivity contribution in [3.05, 3.63) is 29.8 Å². The van der Waals surface area contributed by atoms with E-state index in [-0.39, 0.29) is 6.04 Å². The van der Waals surface area contributed by atoms with Gasteiger partial charge in [0.2, 0.25) is 0 Å². The molecule has 0 aliphatic carbocycles. The van der Waals surface area contributed by atoms with Gasteiger partial charge in [-0.3, -0.25) is 0 Å². The lowest BCUT2D eigenvalue weighted by Crippen LogP contribution is -2.35. The number of nitrogens with zero attached hydrogens (tertiary/aromatic N) is 1. The van der Waals surface area contributed by atoms with E-state index in [1.54, 1.807) is 7.11 Å². The third-order valence-corrected chi connectivity index (χ3v) is 3.48. The van der Waals surface area contributed by atoms with Gasteiger partial charge in [-0.05, 0) is 44.4 Å². The predicted molar refractivity (Wildman–Crippen MR) is 82.8 cm³/mol. The van der Waals surface area contributed by atoms with E-state index in [1.165, 1.54) is 11.3 Å². The fraction of sp³-hybridized carbons (Fsp3) is 0.625. The van der Waals surface area contributed by atoms with Crippen LogP contribution in [0.25, 0.3) is 0 Å². The van der Waals surface area contributed by atoms with Crippen molar-refractivity contribution in [3.8, 4) is 0 Å². The lowest BCUT2D eigenvalue weighted by atomic mass is 10.1. The fourth-order valence-corrected chi connectivity index (χ4v) is 2.21. The smallest absolute Gasteiger partial charge is 0.0637 e. The van der Waals surface area contributed by atoms with E-state index in [4.69, 9.17) is 10.5 Å². The summed E-state index contributed by atoms with van der Waals surface area (Å²) in [5.74, 6) is 0. The Balaban J connectivity index is 2.78. The van der Waals surface area contributed by atoms with Crippen molar-refractivity contribution in [2.45, 2.75) is 45.7 Å². The number of benzene rings is 1. The van der Waals surface area contributed by atoms with Crippen LogP contribution in [-0.2, 0) is 11.2 Å². The molecule has 3 nitrogen and oxygen atoms in total. The molecule has 19 heavy (non-hydrogen) atoms. The number of nitrogens with two attached hydrogens (primary N) is 1. The highest BCUT2D eigenvalue weighted by molar-refractivity contribution is 5.48. The molecule has 0 aliphatic rings. The molecule has 0 saturated carbocycles. The van der Waals surface area contributed by atoms with E-state index >= 15 is 0 Å². The second-order valence-corrected chi connectivity index (χ2v) is 5.29. The van der Waals surface area contributed by atoms with Gasteiger partial charge in [0.05, 0.1) is 6.61 Å². The summed E-state index contributed by atoms with van der Waals surface area (Å²) in [7, 11) is 1.75. The quantitative estimate of drug-likeness (QED) is 0.784. The van der Waals surface area contributed by atoms with E-state index < -0.39 is 0 Å². The zero-order valence-corrected chi connectivity index (χ0v) is 12.7. The monoisotopic (exact) mass is 264 g/mol. The highest BCUT2D eigenvalue weighted by Gasteiger charge is 2.12. The molecule has 0 heterocycles. The van der Waals surface area contributed by atoms with Gasteiger partial charge in [0.1, 0.15) is 0 Å². The van der Waals surface area contributed by atoms with Crippen LogP contribution in [-0.4, -0.2) is 32.3 Å². The molecule has 0 fully saturated rings. The van der Waals surface area contributed by atoms with Gasteiger partial charge in [0.15, 0.2) is 0 Å². The Labute approximate surface area is 117 Å². The number of ether oxygens (including phenoxy) is 1. The van der Waals surface area contributed by atoms with Crippen molar-refractivity contribution in [2.75, 3.05) is 25.2 Å². The van der Waals surface area contributed by atoms with Crippen LogP contribution in [0, 0.1) is 0 Å². The van der Waals surface area contributed by atoms with E-state index in [0.29, 0.717) is 6.04 Å². The maximum absolute atomic E-state index is 5.83. The maximum Gasteiger partial charge on any atom is 0.0637 e. The zero-order valence-electron chi connectivity index (χ0n) is 12.7. The number of hydrogen-bond donors (Lipinski definition) is 1. The van der Waals surface area contributed by atoms with Gasteiger partial charge in [-0.1, -0.05) is 19.1 Å². The molecule has 0 saturated heterocycles. The number of anilines is 1. The third kappa shape index (κ3) is 5.21. The second kappa shape index (κ2) is 8.18. The summed E-state index contributed by atoms with van der Waals surface area (Å²) < 4.78 is 5.21. The van der Waals surface area contributed by atoms with E-state index in [9.17, 15) is 0 Å². The fourth-order valence-electron chi connectivity index (χ4n) is 2.21.